The molecule has 0 saturated carbocycles. The Balaban J connectivity index is 1.63. The van der Waals surface area contributed by atoms with Crippen LogP contribution in [0.3, 0.4) is 0 Å². The molecule has 2 unspecified atom stereocenters. The van der Waals surface area contributed by atoms with Crippen LogP contribution in [0.1, 0.15) is 37.7 Å². The number of aliphatic carboxylic acids is 1. The van der Waals surface area contributed by atoms with Crippen molar-refractivity contribution in [2.75, 3.05) is 0 Å². The second kappa shape index (κ2) is 6.83. The predicted molar refractivity (Wildman–Crippen MR) is 88.4 cm³/mol. The minimum absolute atomic E-state index is 0.143. The van der Waals surface area contributed by atoms with Crippen LogP contribution in [0.4, 0.5) is 4.79 Å². The minimum Gasteiger partial charge on any atom is -0.480 e. The number of hydrogen-bond donors (Lipinski definition) is 2. The first-order valence-electron chi connectivity index (χ1n) is 7.95. The Morgan fingerprint density at radius 1 is 1.22 bits per heavy atom. The maximum Gasteiger partial charge on any atom is 0.408 e. The third-order valence-electron chi connectivity index (χ3n) is 4.55. The minimum atomic E-state index is -1.19. The van der Waals surface area contributed by atoms with E-state index in [2.05, 4.69) is 5.32 Å². The lowest BCUT2D eigenvalue weighted by atomic mass is 9.82. The smallest absolute Gasteiger partial charge is 0.408 e. The van der Waals surface area contributed by atoms with Gasteiger partial charge in [0.1, 0.15) is 12.1 Å². The molecular weight excluding hydrogens is 314 g/mol. The molecule has 3 rings (SSSR count). The summed E-state index contributed by atoms with van der Waals surface area (Å²) in [6.07, 6.45) is 3.50. The molecule has 0 spiro atoms. The van der Waals surface area contributed by atoms with Crippen molar-refractivity contribution in [1.29, 1.82) is 0 Å². The number of fused-ring (bicyclic) bond motifs is 2. The number of alkyl carbamates (subject to hydrolysis) is 1. The molecule has 1 amide bonds. The van der Waals surface area contributed by atoms with Gasteiger partial charge in [0.25, 0.3) is 0 Å². The maximum absolute atomic E-state index is 12.1. The van der Waals surface area contributed by atoms with Crippen molar-refractivity contribution in [1.82, 2.24) is 5.32 Å². The van der Waals surface area contributed by atoms with E-state index in [1.165, 1.54) is 0 Å². The first kappa shape index (κ1) is 16.2. The fraction of sp³-hybridized carbons (Fsp3) is 0.529. The number of carboxylic acid groups (broad SMARTS) is 1. The average Bonchev–Trinajstić information content (AvgIpc) is 2.53. The van der Waals surface area contributed by atoms with Gasteiger partial charge in [0.2, 0.25) is 0 Å². The molecule has 5 nitrogen and oxygen atoms in total. The molecule has 2 aliphatic rings. The van der Waals surface area contributed by atoms with Gasteiger partial charge in [-0.1, -0.05) is 36.8 Å². The van der Waals surface area contributed by atoms with E-state index in [9.17, 15) is 14.7 Å². The highest BCUT2D eigenvalue weighted by Crippen LogP contribution is 2.45. The highest BCUT2D eigenvalue weighted by molar-refractivity contribution is 8.00. The van der Waals surface area contributed by atoms with Gasteiger partial charge in [-0.25, -0.2) is 9.59 Å². The molecule has 23 heavy (non-hydrogen) atoms. The Kier molecular flexibility index (Phi) is 4.80. The van der Waals surface area contributed by atoms with E-state index in [1.54, 1.807) is 0 Å². The fourth-order valence-corrected chi connectivity index (χ4v) is 5.34. The molecule has 2 aliphatic heterocycles. The van der Waals surface area contributed by atoms with Crippen LogP contribution < -0.4 is 5.32 Å². The van der Waals surface area contributed by atoms with Crippen molar-refractivity contribution in [2.45, 2.75) is 54.7 Å². The molecule has 6 heteroatoms. The number of carboxylic acids is 1. The number of hydrogen-bond acceptors (Lipinski definition) is 4. The van der Waals surface area contributed by atoms with Crippen molar-refractivity contribution in [3.05, 3.63) is 35.9 Å². The van der Waals surface area contributed by atoms with Crippen LogP contribution in [0.15, 0.2) is 30.3 Å². The lowest BCUT2D eigenvalue weighted by molar-refractivity contribution is -0.145. The zero-order valence-electron chi connectivity index (χ0n) is 12.9. The van der Waals surface area contributed by atoms with Gasteiger partial charge in [-0.3, -0.25) is 0 Å². The lowest BCUT2D eigenvalue weighted by Crippen LogP contribution is -2.60. The van der Waals surface area contributed by atoms with Gasteiger partial charge in [0.05, 0.1) is 0 Å². The second-order valence-electron chi connectivity index (χ2n) is 6.29. The van der Waals surface area contributed by atoms with Crippen molar-refractivity contribution in [3.8, 4) is 0 Å². The molecule has 1 aromatic rings. The number of thioether (sulfide) groups is 1. The third kappa shape index (κ3) is 3.80. The van der Waals surface area contributed by atoms with Crippen LogP contribution in [-0.4, -0.2) is 33.2 Å². The Labute approximate surface area is 139 Å². The van der Waals surface area contributed by atoms with E-state index in [-0.39, 0.29) is 6.61 Å². The van der Waals surface area contributed by atoms with E-state index in [0.717, 1.165) is 24.8 Å². The summed E-state index contributed by atoms with van der Waals surface area (Å²) in [6.45, 7) is 0.143. The Morgan fingerprint density at radius 2 is 1.87 bits per heavy atom. The van der Waals surface area contributed by atoms with E-state index in [1.807, 2.05) is 42.1 Å². The van der Waals surface area contributed by atoms with Crippen LogP contribution in [-0.2, 0) is 16.1 Å². The largest absolute Gasteiger partial charge is 0.480 e. The van der Waals surface area contributed by atoms with Crippen LogP contribution in [0, 0.1) is 0 Å². The quantitative estimate of drug-likeness (QED) is 0.884. The summed E-state index contributed by atoms with van der Waals surface area (Å²) in [5.41, 5.74) is -0.308. The molecule has 2 heterocycles. The molecular formula is C17H21NO4S. The number of amides is 1. The van der Waals surface area contributed by atoms with Gasteiger partial charge in [-0.15, -0.1) is 0 Å². The summed E-state index contributed by atoms with van der Waals surface area (Å²) < 4.78 is 5.21. The average molecular weight is 335 g/mol. The predicted octanol–water partition coefficient (Wildman–Crippen LogP) is 3.18. The molecule has 2 N–H and O–H groups in total. The summed E-state index contributed by atoms with van der Waals surface area (Å²) in [6, 6.07) is 9.36. The summed E-state index contributed by atoms with van der Waals surface area (Å²) in [5, 5.41) is 13.0. The van der Waals surface area contributed by atoms with Crippen molar-refractivity contribution >= 4 is 23.8 Å². The first-order valence-corrected chi connectivity index (χ1v) is 8.89. The molecule has 0 radical (unpaired) electrons. The molecule has 0 aromatic heterocycles. The van der Waals surface area contributed by atoms with Crippen LogP contribution in [0.2, 0.25) is 0 Å². The van der Waals surface area contributed by atoms with E-state index in [0.29, 0.717) is 23.3 Å². The monoisotopic (exact) mass is 335 g/mol. The molecule has 0 aliphatic carbocycles. The third-order valence-corrected chi connectivity index (χ3v) is 6.13. The highest BCUT2D eigenvalue weighted by Gasteiger charge is 2.49. The molecule has 2 atom stereocenters. The van der Waals surface area contributed by atoms with E-state index >= 15 is 0 Å². The van der Waals surface area contributed by atoms with Gasteiger partial charge in [0, 0.05) is 10.5 Å². The van der Waals surface area contributed by atoms with E-state index in [4.69, 9.17) is 4.74 Å². The number of carbonyl (C=O) groups is 2. The Bertz CT molecular complexity index is 565. The maximum atomic E-state index is 12.1. The first-order chi connectivity index (χ1) is 11.1. The summed E-state index contributed by atoms with van der Waals surface area (Å²) in [5.74, 6) is -0.952. The zero-order valence-corrected chi connectivity index (χ0v) is 13.7. The van der Waals surface area contributed by atoms with Gasteiger partial charge in [0.15, 0.2) is 0 Å². The highest BCUT2D eigenvalue weighted by atomic mass is 32.2. The number of ether oxygens (including phenoxy) is 1. The molecule has 124 valence electrons. The number of rotatable bonds is 4. The van der Waals surface area contributed by atoms with Crippen LogP contribution in [0.5, 0.6) is 0 Å². The summed E-state index contributed by atoms with van der Waals surface area (Å²) in [4.78, 5) is 23.9. The van der Waals surface area contributed by atoms with Crippen LogP contribution in [0.25, 0.3) is 0 Å². The molecule has 1 aromatic carbocycles. The SMILES string of the molecule is O=C(NC1(C(=O)O)CC2CCCC(C1)S2)OCc1ccccc1. The Hall–Kier alpha value is -1.69. The standard InChI is InChI=1S/C17H21NO4S/c19-15(20)17(9-13-7-4-8-14(10-17)23-13)18-16(21)22-11-12-5-2-1-3-6-12/h1-3,5-6,13-14H,4,7-11H2,(H,18,21)(H,19,20). The van der Waals surface area contributed by atoms with Gasteiger partial charge in [-0.05, 0) is 31.2 Å². The zero-order chi connectivity index (χ0) is 16.3. The normalized spacial score (nSPS) is 29.6. The molecule has 2 fully saturated rings. The van der Waals surface area contributed by atoms with Gasteiger partial charge < -0.3 is 15.2 Å². The molecule has 2 bridgehead atoms. The number of nitrogens with one attached hydrogen (secondary N) is 1. The van der Waals surface area contributed by atoms with Crippen molar-refractivity contribution in [2.24, 2.45) is 0 Å². The van der Waals surface area contributed by atoms with Gasteiger partial charge in [-0.2, -0.15) is 11.8 Å². The lowest BCUT2D eigenvalue weighted by Gasteiger charge is -2.44. The molecule has 2 saturated heterocycles. The summed E-state index contributed by atoms with van der Waals surface area (Å²) in [7, 11) is 0. The Morgan fingerprint density at radius 3 is 2.48 bits per heavy atom. The van der Waals surface area contributed by atoms with Crippen molar-refractivity contribution in [3.63, 3.8) is 0 Å². The summed E-state index contributed by atoms with van der Waals surface area (Å²) >= 11 is 1.87. The topological polar surface area (TPSA) is 75.6 Å². The van der Waals surface area contributed by atoms with Crippen molar-refractivity contribution < 1.29 is 19.4 Å². The number of carbonyl (C=O) groups excluding carboxylic acids is 1. The van der Waals surface area contributed by atoms with E-state index < -0.39 is 17.6 Å². The second-order valence-corrected chi connectivity index (χ2v) is 7.90. The van der Waals surface area contributed by atoms with Crippen LogP contribution >= 0.6 is 11.8 Å². The fourth-order valence-electron chi connectivity index (χ4n) is 3.43. The van der Waals surface area contributed by atoms with Gasteiger partial charge >= 0.3 is 12.1 Å². The number of benzene rings is 1.